The van der Waals surface area contributed by atoms with Gasteiger partial charge in [-0.2, -0.15) is 0 Å². The molecule has 1 aromatic rings. The van der Waals surface area contributed by atoms with Gasteiger partial charge in [0.25, 0.3) is 5.69 Å². The van der Waals surface area contributed by atoms with Crippen molar-refractivity contribution in [3.05, 3.63) is 44.9 Å². The molecule has 0 fully saturated rings. The predicted octanol–water partition coefficient (Wildman–Crippen LogP) is 3.36. The van der Waals surface area contributed by atoms with Crippen LogP contribution in [-0.2, 0) is 4.74 Å². The van der Waals surface area contributed by atoms with E-state index in [1.54, 1.807) is 6.07 Å². The second kappa shape index (κ2) is 4.93. The van der Waals surface area contributed by atoms with Gasteiger partial charge in [-0.05, 0) is 28.9 Å². The fourth-order valence-electron chi connectivity index (χ4n) is 1.10. The number of ether oxygens (including phenoxy) is 1. The monoisotopic (exact) mass is 271 g/mol. The van der Waals surface area contributed by atoms with E-state index in [-0.39, 0.29) is 5.69 Å². The van der Waals surface area contributed by atoms with E-state index in [2.05, 4.69) is 22.5 Å². The minimum atomic E-state index is -0.446. The van der Waals surface area contributed by atoms with Crippen LogP contribution in [0, 0.1) is 10.1 Å². The average Bonchev–Trinajstić information content (AvgIpc) is 2.17. The number of benzene rings is 1. The number of nitrogens with zero attached hydrogens (tertiary/aromatic N) is 1. The summed E-state index contributed by atoms with van der Waals surface area (Å²) >= 11 is 3.24. The van der Waals surface area contributed by atoms with Gasteiger partial charge in [-0.25, -0.2) is 0 Å². The van der Waals surface area contributed by atoms with Crippen molar-refractivity contribution in [1.82, 2.24) is 0 Å². The second-order valence-electron chi connectivity index (χ2n) is 2.78. The summed E-state index contributed by atoms with van der Waals surface area (Å²) in [6.07, 6.45) is 0. The quantitative estimate of drug-likeness (QED) is 0.479. The zero-order valence-electron chi connectivity index (χ0n) is 8.20. The van der Waals surface area contributed by atoms with Gasteiger partial charge < -0.3 is 4.74 Å². The third-order valence-electron chi connectivity index (χ3n) is 1.78. The lowest BCUT2D eigenvalue weighted by Crippen LogP contribution is -1.93. The molecule has 80 valence electrons. The Kier molecular flexibility index (Phi) is 3.85. The highest BCUT2D eigenvalue weighted by atomic mass is 79.9. The molecule has 0 aliphatic heterocycles. The third kappa shape index (κ3) is 2.79. The van der Waals surface area contributed by atoms with Gasteiger partial charge in [0, 0.05) is 22.2 Å². The molecule has 0 bridgehead atoms. The summed E-state index contributed by atoms with van der Waals surface area (Å²) in [6, 6.07) is 4.46. The Bertz CT molecular complexity index is 404. The van der Waals surface area contributed by atoms with Crippen LogP contribution >= 0.6 is 15.9 Å². The number of hydrogen-bond donors (Lipinski definition) is 0. The van der Waals surface area contributed by atoms with Gasteiger partial charge in [0.15, 0.2) is 0 Å². The van der Waals surface area contributed by atoms with Crippen molar-refractivity contribution in [1.29, 1.82) is 0 Å². The molecular weight excluding hydrogens is 262 g/mol. The van der Waals surface area contributed by atoms with Gasteiger partial charge in [-0.1, -0.05) is 6.58 Å². The normalized spacial score (nSPS) is 9.73. The summed E-state index contributed by atoms with van der Waals surface area (Å²) in [4.78, 5) is 10.0. The molecule has 0 saturated carbocycles. The molecule has 1 aromatic carbocycles. The number of rotatable bonds is 4. The van der Waals surface area contributed by atoms with Gasteiger partial charge in [-0.3, -0.25) is 10.1 Å². The van der Waals surface area contributed by atoms with Crippen molar-refractivity contribution in [3.8, 4) is 0 Å². The SMILES string of the molecule is C=C(OCC)c1ccc([N+](=O)[O-])cc1Br. The van der Waals surface area contributed by atoms with Crippen molar-refractivity contribution >= 4 is 27.4 Å². The van der Waals surface area contributed by atoms with Crippen LogP contribution in [0.2, 0.25) is 0 Å². The van der Waals surface area contributed by atoms with Crippen LogP contribution in [0.25, 0.3) is 5.76 Å². The minimum absolute atomic E-state index is 0.0370. The first kappa shape index (κ1) is 11.7. The standard InChI is InChI=1S/C10H10BrNO3/c1-3-15-7(2)9-5-4-8(12(13)14)6-10(9)11/h4-6H,2-3H2,1H3. The summed E-state index contributed by atoms with van der Waals surface area (Å²) in [6.45, 7) is 6.10. The predicted molar refractivity (Wildman–Crippen MR) is 61.5 cm³/mol. The molecule has 0 radical (unpaired) electrons. The summed E-state index contributed by atoms with van der Waals surface area (Å²) < 4.78 is 5.82. The van der Waals surface area contributed by atoms with Gasteiger partial charge in [0.05, 0.1) is 11.5 Å². The summed E-state index contributed by atoms with van der Waals surface area (Å²) in [5, 5.41) is 10.5. The Morgan fingerprint density at radius 1 is 1.67 bits per heavy atom. The Balaban J connectivity index is 3.03. The van der Waals surface area contributed by atoms with Crippen LogP contribution in [0.3, 0.4) is 0 Å². The number of nitro groups is 1. The smallest absolute Gasteiger partial charge is 0.270 e. The topological polar surface area (TPSA) is 52.4 Å². The zero-order valence-corrected chi connectivity index (χ0v) is 9.78. The molecule has 0 N–H and O–H groups in total. The molecule has 0 unspecified atom stereocenters. The second-order valence-corrected chi connectivity index (χ2v) is 3.63. The van der Waals surface area contributed by atoms with Crippen LogP contribution < -0.4 is 0 Å². The van der Waals surface area contributed by atoms with Crippen LogP contribution in [0.4, 0.5) is 5.69 Å². The molecule has 0 aromatic heterocycles. The molecule has 0 atom stereocenters. The molecule has 1 rings (SSSR count). The van der Waals surface area contributed by atoms with E-state index in [9.17, 15) is 10.1 Å². The largest absolute Gasteiger partial charge is 0.494 e. The first-order chi connectivity index (χ1) is 7.06. The molecule has 4 nitrogen and oxygen atoms in total. The maximum atomic E-state index is 10.5. The number of non-ortho nitro benzene ring substituents is 1. The molecule has 0 aliphatic rings. The number of nitro benzene ring substituents is 1. The summed E-state index contributed by atoms with van der Waals surface area (Å²) in [5.74, 6) is 0.499. The highest BCUT2D eigenvalue weighted by Gasteiger charge is 2.11. The molecule has 15 heavy (non-hydrogen) atoms. The van der Waals surface area contributed by atoms with E-state index >= 15 is 0 Å². The first-order valence-electron chi connectivity index (χ1n) is 4.32. The zero-order chi connectivity index (χ0) is 11.4. The van der Waals surface area contributed by atoms with Gasteiger partial charge in [0.1, 0.15) is 5.76 Å². The fraction of sp³-hybridized carbons (Fsp3) is 0.200. The van der Waals surface area contributed by atoms with Crippen molar-refractivity contribution < 1.29 is 9.66 Å². The lowest BCUT2D eigenvalue weighted by molar-refractivity contribution is -0.384. The molecule has 0 amide bonds. The van der Waals surface area contributed by atoms with Crippen LogP contribution in [0.1, 0.15) is 12.5 Å². The minimum Gasteiger partial charge on any atom is -0.494 e. The lowest BCUT2D eigenvalue weighted by atomic mass is 10.2. The highest BCUT2D eigenvalue weighted by molar-refractivity contribution is 9.10. The summed E-state index contributed by atoms with van der Waals surface area (Å²) in [5.41, 5.74) is 0.761. The Hall–Kier alpha value is -1.36. The van der Waals surface area contributed by atoms with Crippen LogP contribution in [-0.4, -0.2) is 11.5 Å². The number of halogens is 1. The first-order valence-corrected chi connectivity index (χ1v) is 5.11. The molecule has 0 spiro atoms. The van der Waals surface area contributed by atoms with E-state index in [1.807, 2.05) is 6.92 Å². The maximum absolute atomic E-state index is 10.5. The van der Waals surface area contributed by atoms with E-state index in [1.165, 1.54) is 12.1 Å². The third-order valence-corrected chi connectivity index (χ3v) is 2.44. The van der Waals surface area contributed by atoms with E-state index in [0.29, 0.717) is 16.8 Å². The molecule has 5 heteroatoms. The van der Waals surface area contributed by atoms with Gasteiger partial charge in [0.2, 0.25) is 0 Å². The van der Waals surface area contributed by atoms with Crippen molar-refractivity contribution in [2.45, 2.75) is 6.92 Å². The lowest BCUT2D eigenvalue weighted by Gasteiger charge is -2.08. The Morgan fingerprint density at radius 2 is 2.33 bits per heavy atom. The van der Waals surface area contributed by atoms with E-state index in [4.69, 9.17) is 4.74 Å². The fourth-order valence-corrected chi connectivity index (χ4v) is 1.68. The van der Waals surface area contributed by atoms with Gasteiger partial charge >= 0.3 is 0 Å². The van der Waals surface area contributed by atoms with Crippen molar-refractivity contribution in [2.75, 3.05) is 6.61 Å². The maximum Gasteiger partial charge on any atom is 0.270 e. The number of hydrogen-bond acceptors (Lipinski definition) is 3. The van der Waals surface area contributed by atoms with Gasteiger partial charge in [-0.15, -0.1) is 0 Å². The Morgan fingerprint density at radius 3 is 2.80 bits per heavy atom. The molecular formula is C10H10BrNO3. The molecule has 0 heterocycles. The Labute approximate surface area is 95.8 Å². The van der Waals surface area contributed by atoms with E-state index < -0.39 is 4.92 Å². The van der Waals surface area contributed by atoms with Crippen molar-refractivity contribution in [3.63, 3.8) is 0 Å². The average molecular weight is 272 g/mol. The van der Waals surface area contributed by atoms with E-state index in [0.717, 1.165) is 5.56 Å². The van der Waals surface area contributed by atoms with Crippen LogP contribution in [0.15, 0.2) is 29.3 Å². The summed E-state index contributed by atoms with van der Waals surface area (Å²) in [7, 11) is 0. The molecule has 0 saturated heterocycles. The molecule has 0 aliphatic carbocycles. The highest BCUT2D eigenvalue weighted by Crippen LogP contribution is 2.27. The van der Waals surface area contributed by atoms with Crippen LogP contribution in [0.5, 0.6) is 0 Å². The van der Waals surface area contributed by atoms with Crippen molar-refractivity contribution in [2.24, 2.45) is 0 Å².